The summed E-state index contributed by atoms with van der Waals surface area (Å²) in [6.45, 7) is 5.76. The van der Waals surface area contributed by atoms with Crippen molar-refractivity contribution in [2.24, 2.45) is 0 Å². The van der Waals surface area contributed by atoms with E-state index in [1.54, 1.807) is 6.07 Å². The van der Waals surface area contributed by atoms with Crippen LogP contribution in [0.5, 0.6) is 5.75 Å². The van der Waals surface area contributed by atoms with E-state index in [2.05, 4.69) is 24.0 Å². The molecule has 8 heteroatoms. The summed E-state index contributed by atoms with van der Waals surface area (Å²) in [5.41, 5.74) is -0.508. The van der Waals surface area contributed by atoms with Crippen LogP contribution >= 0.6 is 0 Å². The fourth-order valence-corrected chi connectivity index (χ4v) is 5.40. The van der Waals surface area contributed by atoms with Gasteiger partial charge < -0.3 is 14.7 Å². The van der Waals surface area contributed by atoms with E-state index in [1.165, 1.54) is 30.5 Å². The number of hydrogen-bond acceptors (Lipinski definition) is 5. The summed E-state index contributed by atoms with van der Waals surface area (Å²) in [5.74, 6) is 0.772. The zero-order chi connectivity index (χ0) is 25.8. The average Bonchev–Trinajstić information content (AvgIpc) is 3.39. The maximum atomic E-state index is 13.3. The number of piperidine rings is 1. The first-order valence-corrected chi connectivity index (χ1v) is 12.8. The Morgan fingerprint density at radius 2 is 1.72 bits per heavy atom. The Hall–Kier alpha value is -2.76. The number of alkyl halides is 3. The summed E-state index contributed by atoms with van der Waals surface area (Å²) in [5, 5.41) is 20.0. The van der Waals surface area contributed by atoms with Crippen LogP contribution in [0.1, 0.15) is 68.2 Å². The molecule has 2 aliphatic heterocycles. The van der Waals surface area contributed by atoms with Crippen LogP contribution in [-0.4, -0.2) is 48.4 Å². The van der Waals surface area contributed by atoms with Crippen molar-refractivity contribution in [1.29, 1.82) is 5.26 Å². The van der Waals surface area contributed by atoms with Crippen molar-refractivity contribution < 1.29 is 23.0 Å². The normalized spacial score (nSPS) is 19.2. The van der Waals surface area contributed by atoms with Gasteiger partial charge in [0.05, 0.1) is 29.4 Å². The molecule has 2 aromatic carbocycles. The Morgan fingerprint density at radius 1 is 1.06 bits per heavy atom. The zero-order valence-corrected chi connectivity index (χ0v) is 20.7. The molecule has 0 aliphatic carbocycles. The lowest BCUT2D eigenvalue weighted by atomic mass is 9.88. The number of likely N-dealkylation sites (tertiary alicyclic amines) is 1. The number of anilines is 1. The van der Waals surface area contributed by atoms with E-state index < -0.39 is 17.3 Å². The van der Waals surface area contributed by atoms with E-state index in [0.717, 1.165) is 31.3 Å². The molecule has 36 heavy (non-hydrogen) atoms. The molecule has 0 saturated carbocycles. The Bertz CT molecular complexity index is 1050. The van der Waals surface area contributed by atoms with Crippen molar-refractivity contribution >= 4 is 5.69 Å². The highest BCUT2D eigenvalue weighted by atomic mass is 19.4. The minimum atomic E-state index is -4.58. The van der Waals surface area contributed by atoms with E-state index >= 15 is 0 Å². The minimum Gasteiger partial charge on any atom is -0.493 e. The van der Waals surface area contributed by atoms with E-state index in [0.29, 0.717) is 50.7 Å². The Balaban J connectivity index is 1.28. The number of benzene rings is 2. The summed E-state index contributed by atoms with van der Waals surface area (Å²) in [4.78, 5) is 4.37. The maximum absolute atomic E-state index is 13.3. The fourth-order valence-electron chi connectivity index (χ4n) is 5.40. The number of nitriles is 1. The largest absolute Gasteiger partial charge is 0.493 e. The predicted octanol–water partition coefficient (Wildman–Crippen LogP) is 5.92. The van der Waals surface area contributed by atoms with E-state index in [1.807, 2.05) is 17.0 Å². The summed E-state index contributed by atoms with van der Waals surface area (Å²) in [6.07, 6.45) is 0.342. The molecule has 0 aromatic heterocycles. The van der Waals surface area contributed by atoms with Crippen LogP contribution in [0.4, 0.5) is 18.9 Å². The standard InChI is InChI=1S/C28H34F3N3O2/c1-2-26(34-14-3-4-15-34)21-6-9-24(10-7-21)36-18-13-27(35)11-16-33(17-12-27)23-8-5-22(20-32)25(19-23)28(29,30)31/h5-10,19,26,35H,2-4,11-18H2,1H3. The molecular weight excluding hydrogens is 467 g/mol. The lowest BCUT2D eigenvalue weighted by Gasteiger charge is -2.39. The van der Waals surface area contributed by atoms with Gasteiger partial charge in [0.2, 0.25) is 0 Å². The summed E-state index contributed by atoms with van der Waals surface area (Å²) < 4.78 is 45.8. The molecular formula is C28H34F3N3O2. The highest BCUT2D eigenvalue weighted by Crippen LogP contribution is 2.36. The molecule has 2 heterocycles. The molecule has 4 rings (SSSR count). The molecule has 0 spiro atoms. The zero-order valence-electron chi connectivity index (χ0n) is 20.7. The first-order valence-electron chi connectivity index (χ1n) is 12.8. The second kappa shape index (κ2) is 11.1. The van der Waals surface area contributed by atoms with Crippen molar-refractivity contribution in [2.75, 3.05) is 37.7 Å². The number of rotatable bonds is 8. The second-order valence-corrected chi connectivity index (χ2v) is 9.89. The Morgan fingerprint density at radius 3 is 2.31 bits per heavy atom. The molecule has 1 N–H and O–H groups in total. The lowest BCUT2D eigenvalue weighted by molar-refractivity contribution is -0.137. The number of nitrogens with zero attached hydrogens (tertiary/aromatic N) is 3. The van der Waals surface area contributed by atoms with Crippen LogP contribution in [0.15, 0.2) is 42.5 Å². The van der Waals surface area contributed by atoms with Gasteiger partial charge >= 0.3 is 6.18 Å². The van der Waals surface area contributed by atoms with Gasteiger partial charge in [-0.2, -0.15) is 18.4 Å². The monoisotopic (exact) mass is 501 g/mol. The second-order valence-electron chi connectivity index (χ2n) is 9.89. The fraction of sp³-hybridized carbons (Fsp3) is 0.536. The number of halogens is 3. The van der Waals surface area contributed by atoms with Gasteiger partial charge in [0.15, 0.2) is 0 Å². The van der Waals surface area contributed by atoms with Gasteiger partial charge in [-0.05, 0) is 81.1 Å². The van der Waals surface area contributed by atoms with Gasteiger partial charge in [-0.3, -0.25) is 4.90 Å². The van der Waals surface area contributed by atoms with E-state index in [9.17, 15) is 18.3 Å². The van der Waals surface area contributed by atoms with Crippen LogP contribution in [0, 0.1) is 11.3 Å². The van der Waals surface area contributed by atoms with Gasteiger partial charge in [-0.15, -0.1) is 0 Å². The maximum Gasteiger partial charge on any atom is 0.417 e. The Labute approximate surface area is 211 Å². The molecule has 0 radical (unpaired) electrons. The summed E-state index contributed by atoms with van der Waals surface area (Å²) in [6, 6.07) is 14.1. The summed E-state index contributed by atoms with van der Waals surface area (Å²) >= 11 is 0. The molecule has 2 aromatic rings. The number of hydrogen-bond donors (Lipinski definition) is 1. The smallest absolute Gasteiger partial charge is 0.417 e. The van der Waals surface area contributed by atoms with Crippen molar-refractivity contribution in [3.05, 3.63) is 59.2 Å². The van der Waals surface area contributed by atoms with Crippen LogP contribution in [0.25, 0.3) is 0 Å². The first-order chi connectivity index (χ1) is 17.2. The van der Waals surface area contributed by atoms with Crippen molar-refractivity contribution in [1.82, 2.24) is 4.90 Å². The van der Waals surface area contributed by atoms with Crippen LogP contribution < -0.4 is 9.64 Å². The van der Waals surface area contributed by atoms with Crippen molar-refractivity contribution in [3.8, 4) is 11.8 Å². The van der Waals surface area contributed by atoms with Gasteiger partial charge in [-0.25, -0.2) is 0 Å². The highest BCUT2D eigenvalue weighted by molar-refractivity contribution is 5.55. The molecule has 2 fully saturated rings. The first kappa shape index (κ1) is 26.3. The summed E-state index contributed by atoms with van der Waals surface area (Å²) in [7, 11) is 0. The molecule has 2 saturated heterocycles. The van der Waals surface area contributed by atoms with Gasteiger partial charge in [0.1, 0.15) is 5.75 Å². The molecule has 5 nitrogen and oxygen atoms in total. The van der Waals surface area contributed by atoms with Crippen molar-refractivity contribution in [2.45, 2.75) is 63.3 Å². The predicted molar refractivity (Wildman–Crippen MR) is 133 cm³/mol. The van der Waals surface area contributed by atoms with Gasteiger partial charge in [-0.1, -0.05) is 19.1 Å². The third-order valence-corrected chi connectivity index (χ3v) is 7.56. The van der Waals surface area contributed by atoms with Gasteiger partial charge in [0.25, 0.3) is 0 Å². The molecule has 0 bridgehead atoms. The van der Waals surface area contributed by atoms with Gasteiger partial charge in [0, 0.05) is 31.2 Å². The number of aliphatic hydroxyl groups is 1. The van der Waals surface area contributed by atoms with Crippen LogP contribution in [-0.2, 0) is 6.18 Å². The van der Waals surface area contributed by atoms with E-state index in [-0.39, 0.29) is 5.56 Å². The molecule has 1 unspecified atom stereocenters. The minimum absolute atomic E-state index is 0.369. The van der Waals surface area contributed by atoms with E-state index in [4.69, 9.17) is 10.00 Å². The molecule has 0 amide bonds. The lowest BCUT2D eigenvalue weighted by Crippen LogP contribution is -2.45. The van der Waals surface area contributed by atoms with Crippen molar-refractivity contribution in [3.63, 3.8) is 0 Å². The van der Waals surface area contributed by atoms with Crippen LogP contribution in [0.3, 0.4) is 0 Å². The number of ether oxygens (including phenoxy) is 1. The quantitative estimate of drug-likeness (QED) is 0.486. The Kier molecular flexibility index (Phi) is 8.11. The topological polar surface area (TPSA) is 59.7 Å². The molecule has 194 valence electrons. The third kappa shape index (κ3) is 6.13. The van der Waals surface area contributed by atoms with Crippen LogP contribution in [0.2, 0.25) is 0 Å². The third-order valence-electron chi connectivity index (χ3n) is 7.56. The highest BCUT2D eigenvalue weighted by Gasteiger charge is 2.36. The average molecular weight is 502 g/mol. The molecule has 1 atom stereocenters. The molecule has 2 aliphatic rings. The SMILES string of the molecule is CCC(c1ccc(OCCC2(O)CCN(c3ccc(C#N)c(C(F)(F)F)c3)CC2)cc1)N1CCCC1.